The average molecular weight is 450 g/mol. The van der Waals surface area contributed by atoms with E-state index in [9.17, 15) is 17.6 Å². The first-order chi connectivity index (χ1) is 16.0. The zero-order valence-corrected chi connectivity index (χ0v) is 17.6. The molecule has 0 radical (unpaired) electrons. The van der Waals surface area contributed by atoms with E-state index >= 15 is 0 Å². The zero-order valence-electron chi connectivity index (χ0n) is 17.6. The highest BCUT2D eigenvalue weighted by molar-refractivity contribution is 5.84. The summed E-state index contributed by atoms with van der Waals surface area (Å²) in [5.74, 6) is 1.76. The topological polar surface area (TPSA) is 35.0 Å². The van der Waals surface area contributed by atoms with E-state index in [0.717, 1.165) is 36.6 Å². The molecule has 3 aromatic carbocycles. The molecule has 0 bridgehead atoms. The molecule has 0 N–H and O–H groups in total. The molecule has 4 aromatic rings. The summed E-state index contributed by atoms with van der Waals surface area (Å²) in [4.78, 5) is 8.39. The summed E-state index contributed by atoms with van der Waals surface area (Å²) in [6, 6.07) is 9.06. The van der Waals surface area contributed by atoms with Crippen molar-refractivity contribution in [2.24, 2.45) is 0 Å². The quantitative estimate of drug-likeness (QED) is 0.218. The lowest BCUT2D eigenvalue weighted by Crippen LogP contribution is -1.98. The normalized spacial score (nSPS) is 10.8. The molecule has 0 spiro atoms. The number of fused-ring (bicyclic) bond motifs is 1. The van der Waals surface area contributed by atoms with Crippen molar-refractivity contribution in [1.29, 1.82) is 0 Å². The Kier molecular flexibility index (Phi) is 6.66. The lowest BCUT2D eigenvalue weighted by atomic mass is 10.1. The molecule has 1 aromatic heterocycles. The third kappa shape index (κ3) is 5.02. The van der Waals surface area contributed by atoms with Gasteiger partial charge in [-0.2, -0.15) is 0 Å². The van der Waals surface area contributed by atoms with Crippen LogP contribution in [0, 0.1) is 35.1 Å². The number of ether oxygens (including phenoxy) is 1. The Morgan fingerprint density at radius 1 is 0.848 bits per heavy atom. The van der Waals surface area contributed by atoms with E-state index in [1.54, 1.807) is 19.5 Å². The molecule has 33 heavy (non-hydrogen) atoms. The minimum atomic E-state index is -0.954. The molecule has 0 fully saturated rings. The summed E-state index contributed by atoms with van der Waals surface area (Å²) in [5, 5.41) is 0.534. The van der Waals surface area contributed by atoms with Crippen LogP contribution in [-0.4, -0.2) is 23.7 Å². The van der Waals surface area contributed by atoms with E-state index < -0.39 is 28.8 Å². The van der Waals surface area contributed by atoms with Crippen molar-refractivity contribution in [1.82, 2.24) is 9.97 Å². The third-order valence-corrected chi connectivity index (χ3v) is 5.06. The molecule has 7 heteroatoms. The van der Waals surface area contributed by atoms with Crippen molar-refractivity contribution < 1.29 is 22.3 Å². The summed E-state index contributed by atoms with van der Waals surface area (Å²) in [6.45, 7) is 0.620. The summed E-state index contributed by atoms with van der Waals surface area (Å²) in [6.07, 6.45) is 4.80. The number of benzene rings is 3. The average Bonchev–Trinajstić information content (AvgIpc) is 2.81. The van der Waals surface area contributed by atoms with Crippen LogP contribution in [0.1, 0.15) is 23.1 Å². The summed E-state index contributed by atoms with van der Waals surface area (Å²) < 4.78 is 61.4. The summed E-state index contributed by atoms with van der Waals surface area (Å²) in [5.41, 5.74) is 1.10. The first-order valence-corrected chi connectivity index (χ1v) is 10.2. The summed E-state index contributed by atoms with van der Waals surface area (Å²) in [7, 11) is 1.63. The van der Waals surface area contributed by atoms with Gasteiger partial charge in [0.25, 0.3) is 0 Å². The number of aromatic nitrogens is 2. The molecular weight excluding hydrogens is 432 g/mol. The van der Waals surface area contributed by atoms with Crippen LogP contribution < -0.4 is 0 Å². The van der Waals surface area contributed by atoms with Crippen LogP contribution >= 0.6 is 0 Å². The van der Waals surface area contributed by atoms with Crippen LogP contribution in [0.4, 0.5) is 17.6 Å². The molecule has 4 rings (SSSR count). The van der Waals surface area contributed by atoms with E-state index in [1.165, 1.54) is 24.3 Å². The maximum Gasteiger partial charge on any atom is 0.166 e. The highest BCUT2D eigenvalue weighted by Gasteiger charge is 2.13. The van der Waals surface area contributed by atoms with Crippen LogP contribution in [-0.2, 0) is 11.2 Å². The van der Waals surface area contributed by atoms with E-state index in [4.69, 9.17) is 4.74 Å². The minimum absolute atomic E-state index is 0.104. The van der Waals surface area contributed by atoms with Gasteiger partial charge in [0.2, 0.25) is 0 Å². The van der Waals surface area contributed by atoms with E-state index in [0.29, 0.717) is 17.6 Å². The number of aryl methyl sites for hydroxylation is 1. The molecule has 0 unspecified atom stereocenters. The molecule has 0 aliphatic heterocycles. The van der Waals surface area contributed by atoms with Crippen molar-refractivity contribution >= 4 is 10.8 Å². The second kappa shape index (κ2) is 9.80. The molecule has 0 aliphatic rings. The molecule has 166 valence electrons. The van der Waals surface area contributed by atoms with Crippen molar-refractivity contribution in [2.45, 2.75) is 12.8 Å². The van der Waals surface area contributed by atoms with Gasteiger partial charge in [-0.25, -0.2) is 27.5 Å². The molecule has 0 aliphatic carbocycles. The molecule has 0 atom stereocenters. The standard InChI is InChI=1S/C26H18F4N2O/c1-33-10-2-3-17-14-31-26(32-15-17)19-12-23(28)21(24(29)13-19)8-5-16-4-7-20-18(11-16)6-9-22(27)25(20)30/h4,6-7,9,11-15H,2-3,10H2,1H3. The lowest BCUT2D eigenvalue weighted by Gasteiger charge is -2.05. The smallest absolute Gasteiger partial charge is 0.166 e. The van der Waals surface area contributed by atoms with Gasteiger partial charge < -0.3 is 4.74 Å². The van der Waals surface area contributed by atoms with Crippen molar-refractivity contribution in [3.05, 3.63) is 94.8 Å². The van der Waals surface area contributed by atoms with Gasteiger partial charge in [0, 0.05) is 42.6 Å². The van der Waals surface area contributed by atoms with Crippen molar-refractivity contribution in [2.75, 3.05) is 13.7 Å². The zero-order chi connectivity index (χ0) is 23.4. The Morgan fingerprint density at radius 2 is 1.58 bits per heavy atom. The number of halogens is 4. The maximum atomic E-state index is 14.6. The van der Waals surface area contributed by atoms with Crippen LogP contribution in [0.5, 0.6) is 0 Å². The lowest BCUT2D eigenvalue weighted by molar-refractivity contribution is 0.195. The SMILES string of the molecule is COCCCc1cnc(-c2cc(F)c(C#Cc3ccc4c(F)c(F)ccc4c3)c(F)c2)nc1. The predicted octanol–water partition coefficient (Wildman–Crippen LogP) is 5.83. The predicted molar refractivity (Wildman–Crippen MR) is 117 cm³/mol. The second-order valence-corrected chi connectivity index (χ2v) is 7.37. The number of hydrogen-bond donors (Lipinski definition) is 0. The van der Waals surface area contributed by atoms with E-state index in [2.05, 4.69) is 21.8 Å². The van der Waals surface area contributed by atoms with E-state index in [-0.39, 0.29) is 16.8 Å². The van der Waals surface area contributed by atoms with Gasteiger partial charge in [-0.1, -0.05) is 24.0 Å². The minimum Gasteiger partial charge on any atom is -0.385 e. The Balaban J connectivity index is 1.58. The van der Waals surface area contributed by atoms with Gasteiger partial charge in [0.1, 0.15) is 11.6 Å². The third-order valence-electron chi connectivity index (χ3n) is 5.06. The Labute approximate surface area is 188 Å². The first-order valence-electron chi connectivity index (χ1n) is 10.2. The molecule has 3 nitrogen and oxygen atoms in total. The number of methoxy groups -OCH3 is 1. The fourth-order valence-electron chi connectivity index (χ4n) is 3.35. The molecule has 0 saturated heterocycles. The number of hydrogen-bond acceptors (Lipinski definition) is 3. The summed E-state index contributed by atoms with van der Waals surface area (Å²) >= 11 is 0. The van der Waals surface area contributed by atoms with Gasteiger partial charge in [0.05, 0.1) is 5.56 Å². The van der Waals surface area contributed by atoms with Crippen molar-refractivity contribution in [3.8, 4) is 23.2 Å². The first kappa shape index (κ1) is 22.4. The van der Waals surface area contributed by atoms with E-state index in [1.807, 2.05) is 0 Å². The molecule has 0 amide bonds. The molecule has 1 heterocycles. The second-order valence-electron chi connectivity index (χ2n) is 7.37. The Hall–Kier alpha value is -3.76. The van der Waals surface area contributed by atoms with Crippen molar-refractivity contribution in [3.63, 3.8) is 0 Å². The number of nitrogens with zero attached hydrogens (tertiary/aromatic N) is 2. The van der Waals surface area contributed by atoms with Crippen LogP contribution in [0.25, 0.3) is 22.2 Å². The number of rotatable bonds is 5. The van der Waals surface area contributed by atoms with Gasteiger partial charge >= 0.3 is 0 Å². The van der Waals surface area contributed by atoms with Gasteiger partial charge in [-0.05, 0) is 54.1 Å². The molecular formula is C26H18F4N2O. The van der Waals surface area contributed by atoms with Crippen LogP contribution in [0.3, 0.4) is 0 Å². The van der Waals surface area contributed by atoms with Crippen LogP contribution in [0.15, 0.2) is 54.9 Å². The maximum absolute atomic E-state index is 14.6. The Bertz CT molecular complexity index is 1350. The fourth-order valence-corrected chi connectivity index (χ4v) is 3.35. The van der Waals surface area contributed by atoms with Crippen LogP contribution in [0.2, 0.25) is 0 Å². The molecule has 0 saturated carbocycles. The monoisotopic (exact) mass is 450 g/mol. The van der Waals surface area contributed by atoms with Gasteiger partial charge in [-0.3, -0.25) is 0 Å². The van der Waals surface area contributed by atoms with Gasteiger partial charge in [-0.15, -0.1) is 0 Å². The van der Waals surface area contributed by atoms with Gasteiger partial charge in [0.15, 0.2) is 17.5 Å². The highest BCUT2D eigenvalue weighted by Crippen LogP contribution is 2.23. The largest absolute Gasteiger partial charge is 0.385 e. The Morgan fingerprint density at radius 3 is 2.27 bits per heavy atom. The highest BCUT2D eigenvalue weighted by atomic mass is 19.2. The fraction of sp³-hybridized carbons (Fsp3) is 0.154.